The number of urea groups is 1. The summed E-state index contributed by atoms with van der Waals surface area (Å²) in [7, 11) is -3.08. The standard InChI is InChI=1S/C12H11N3O3S2/c16-11-13-8-5-20(17,18)6-9(8)15(11)12-14-7-3-1-2-4-10(7)19-12/h1-4,8-9H,5-6H2,(H,13,16)/t8-,9+/m0/s1. The minimum absolute atomic E-state index is 0.00628. The van der Waals surface area contributed by atoms with Crippen molar-refractivity contribution in [2.75, 3.05) is 16.4 Å². The summed E-state index contributed by atoms with van der Waals surface area (Å²) in [6, 6.07) is 6.71. The van der Waals surface area contributed by atoms with E-state index in [1.165, 1.54) is 16.2 Å². The van der Waals surface area contributed by atoms with Crippen LogP contribution in [0.2, 0.25) is 0 Å². The predicted molar refractivity (Wildman–Crippen MR) is 76.9 cm³/mol. The van der Waals surface area contributed by atoms with Crippen molar-refractivity contribution in [1.82, 2.24) is 10.3 Å². The van der Waals surface area contributed by atoms with Gasteiger partial charge in [0, 0.05) is 0 Å². The van der Waals surface area contributed by atoms with Crippen molar-refractivity contribution in [3.05, 3.63) is 24.3 Å². The van der Waals surface area contributed by atoms with E-state index in [0.29, 0.717) is 5.13 Å². The van der Waals surface area contributed by atoms with Crippen LogP contribution in [0.3, 0.4) is 0 Å². The van der Waals surface area contributed by atoms with Gasteiger partial charge in [-0.1, -0.05) is 23.5 Å². The first-order valence-electron chi connectivity index (χ1n) is 6.19. The van der Waals surface area contributed by atoms with Crippen LogP contribution in [0.5, 0.6) is 0 Å². The summed E-state index contributed by atoms with van der Waals surface area (Å²) in [4.78, 5) is 18.0. The van der Waals surface area contributed by atoms with Crippen LogP contribution in [0.25, 0.3) is 10.2 Å². The number of thiazole rings is 1. The Morgan fingerprint density at radius 3 is 2.90 bits per heavy atom. The smallest absolute Gasteiger partial charge is 0.324 e. The van der Waals surface area contributed by atoms with E-state index in [9.17, 15) is 13.2 Å². The SMILES string of the molecule is O=C1N[C@H]2CS(=O)(=O)C[C@H]2N1c1nc2ccccc2s1. The lowest BCUT2D eigenvalue weighted by atomic mass is 10.2. The molecule has 2 amide bonds. The number of benzene rings is 1. The van der Waals surface area contributed by atoms with Gasteiger partial charge in [0.25, 0.3) is 0 Å². The molecule has 2 saturated heterocycles. The highest BCUT2D eigenvalue weighted by Gasteiger charge is 2.50. The van der Waals surface area contributed by atoms with Crippen LogP contribution < -0.4 is 10.2 Å². The lowest BCUT2D eigenvalue weighted by Gasteiger charge is -2.17. The molecular formula is C12H11N3O3S2. The average Bonchev–Trinajstić information content (AvgIpc) is 2.97. The lowest BCUT2D eigenvalue weighted by molar-refractivity contribution is 0.251. The van der Waals surface area contributed by atoms with Crippen LogP contribution in [0, 0.1) is 0 Å². The Labute approximate surface area is 119 Å². The van der Waals surface area contributed by atoms with Gasteiger partial charge in [-0.3, -0.25) is 4.90 Å². The molecule has 2 aromatic rings. The number of nitrogens with one attached hydrogen (secondary N) is 1. The number of nitrogens with zero attached hydrogens (tertiary/aromatic N) is 2. The van der Waals surface area contributed by atoms with Crippen molar-refractivity contribution < 1.29 is 13.2 Å². The third kappa shape index (κ3) is 1.71. The van der Waals surface area contributed by atoms with Crippen LogP contribution in [-0.4, -0.2) is 43.0 Å². The maximum Gasteiger partial charge on any atom is 0.324 e. The maximum absolute atomic E-state index is 12.1. The number of hydrogen-bond donors (Lipinski definition) is 1. The molecule has 1 aromatic carbocycles. The van der Waals surface area contributed by atoms with Crippen LogP contribution in [0.4, 0.5) is 9.93 Å². The molecule has 2 atom stereocenters. The Balaban J connectivity index is 1.78. The number of hydrogen-bond acceptors (Lipinski definition) is 5. The van der Waals surface area contributed by atoms with Gasteiger partial charge in [0.2, 0.25) is 0 Å². The van der Waals surface area contributed by atoms with E-state index in [2.05, 4.69) is 10.3 Å². The van der Waals surface area contributed by atoms with E-state index in [0.717, 1.165) is 10.2 Å². The van der Waals surface area contributed by atoms with Gasteiger partial charge in [-0.05, 0) is 12.1 Å². The number of rotatable bonds is 1. The van der Waals surface area contributed by atoms with E-state index < -0.39 is 9.84 Å². The van der Waals surface area contributed by atoms with Crippen molar-refractivity contribution in [1.29, 1.82) is 0 Å². The molecule has 104 valence electrons. The minimum atomic E-state index is -3.08. The van der Waals surface area contributed by atoms with Gasteiger partial charge in [0.05, 0.1) is 33.8 Å². The summed E-state index contributed by atoms with van der Waals surface area (Å²) in [5.74, 6) is 0.0249. The zero-order chi connectivity index (χ0) is 13.9. The van der Waals surface area contributed by atoms with Crippen LogP contribution in [-0.2, 0) is 9.84 Å². The summed E-state index contributed by atoms with van der Waals surface area (Å²) in [5, 5.41) is 3.30. The number of aromatic nitrogens is 1. The molecule has 20 heavy (non-hydrogen) atoms. The Morgan fingerprint density at radius 2 is 2.10 bits per heavy atom. The number of carbonyl (C=O) groups excluding carboxylic acids is 1. The molecule has 0 unspecified atom stereocenters. The molecule has 2 fully saturated rings. The molecule has 2 aliphatic heterocycles. The number of amides is 2. The number of carbonyl (C=O) groups is 1. The average molecular weight is 309 g/mol. The lowest BCUT2D eigenvalue weighted by Crippen LogP contribution is -2.36. The second kappa shape index (κ2) is 3.92. The highest BCUT2D eigenvalue weighted by atomic mass is 32.2. The number of para-hydroxylation sites is 1. The minimum Gasteiger partial charge on any atom is -0.332 e. The largest absolute Gasteiger partial charge is 0.332 e. The topological polar surface area (TPSA) is 79.4 Å². The summed E-state index contributed by atoms with van der Waals surface area (Å²) in [5.41, 5.74) is 0.824. The van der Waals surface area contributed by atoms with Crippen molar-refractivity contribution in [2.24, 2.45) is 0 Å². The summed E-state index contributed by atoms with van der Waals surface area (Å²) < 4.78 is 24.4. The summed E-state index contributed by atoms with van der Waals surface area (Å²) in [6.45, 7) is 0. The highest BCUT2D eigenvalue weighted by molar-refractivity contribution is 7.91. The van der Waals surface area contributed by atoms with Gasteiger partial charge in [-0.15, -0.1) is 0 Å². The molecule has 0 radical (unpaired) electrons. The Bertz CT molecular complexity index is 781. The Hall–Kier alpha value is -1.67. The zero-order valence-corrected chi connectivity index (χ0v) is 11.9. The van der Waals surface area contributed by atoms with Crippen LogP contribution >= 0.6 is 11.3 Å². The normalized spacial score (nSPS) is 27.8. The Kier molecular flexibility index (Phi) is 2.37. The van der Waals surface area contributed by atoms with Gasteiger partial charge in [-0.2, -0.15) is 0 Å². The third-order valence-corrected chi connectivity index (χ3v) is 6.42. The summed E-state index contributed by atoms with van der Waals surface area (Å²) >= 11 is 1.41. The van der Waals surface area contributed by atoms with Gasteiger partial charge in [0.15, 0.2) is 15.0 Å². The second-order valence-corrected chi connectivity index (χ2v) is 8.20. The van der Waals surface area contributed by atoms with Crippen LogP contribution in [0.15, 0.2) is 24.3 Å². The number of fused-ring (bicyclic) bond motifs is 2. The van der Waals surface area contributed by atoms with Gasteiger partial charge in [0.1, 0.15) is 0 Å². The fourth-order valence-corrected chi connectivity index (χ4v) is 5.70. The van der Waals surface area contributed by atoms with Crippen molar-refractivity contribution in [2.45, 2.75) is 12.1 Å². The molecule has 0 bridgehead atoms. The highest BCUT2D eigenvalue weighted by Crippen LogP contribution is 2.34. The van der Waals surface area contributed by atoms with Crippen molar-refractivity contribution in [3.63, 3.8) is 0 Å². The van der Waals surface area contributed by atoms with Crippen LogP contribution in [0.1, 0.15) is 0 Å². The fourth-order valence-electron chi connectivity index (χ4n) is 2.79. The molecule has 1 N–H and O–H groups in total. The molecule has 0 spiro atoms. The Morgan fingerprint density at radius 1 is 1.30 bits per heavy atom. The van der Waals surface area contributed by atoms with E-state index in [1.807, 2.05) is 24.3 Å². The first-order valence-corrected chi connectivity index (χ1v) is 8.83. The molecular weight excluding hydrogens is 298 g/mol. The van der Waals surface area contributed by atoms with E-state index in [-0.39, 0.29) is 29.6 Å². The predicted octanol–water partition coefficient (Wildman–Crippen LogP) is 0.992. The third-order valence-electron chi connectivity index (χ3n) is 3.67. The first-order chi connectivity index (χ1) is 9.53. The quantitative estimate of drug-likeness (QED) is 0.797. The molecule has 3 heterocycles. The van der Waals surface area contributed by atoms with Gasteiger partial charge < -0.3 is 5.32 Å². The van der Waals surface area contributed by atoms with Gasteiger partial charge in [-0.25, -0.2) is 18.2 Å². The van der Waals surface area contributed by atoms with E-state index in [1.54, 1.807) is 0 Å². The monoisotopic (exact) mass is 309 g/mol. The van der Waals surface area contributed by atoms with E-state index >= 15 is 0 Å². The number of anilines is 1. The number of sulfone groups is 1. The maximum atomic E-state index is 12.1. The molecule has 8 heteroatoms. The second-order valence-electron chi connectivity index (χ2n) is 5.03. The summed E-state index contributed by atoms with van der Waals surface area (Å²) in [6.07, 6.45) is 0. The molecule has 1 aromatic heterocycles. The first kappa shape index (κ1) is 12.1. The molecule has 2 aliphatic rings. The molecule has 0 aliphatic carbocycles. The fraction of sp³-hybridized carbons (Fsp3) is 0.333. The zero-order valence-electron chi connectivity index (χ0n) is 10.3. The van der Waals surface area contributed by atoms with Gasteiger partial charge >= 0.3 is 6.03 Å². The molecule has 0 saturated carbocycles. The molecule has 4 rings (SSSR count). The van der Waals surface area contributed by atoms with E-state index in [4.69, 9.17) is 0 Å². The molecule has 6 nitrogen and oxygen atoms in total. The van der Waals surface area contributed by atoms with Crippen molar-refractivity contribution >= 4 is 42.6 Å². The van der Waals surface area contributed by atoms with Crippen molar-refractivity contribution in [3.8, 4) is 0 Å².